The zero-order valence-corrected chi connectivity index (χ0v) is 14.7. The number of aryl methyl sites for hydroxylation is 2. The first-order valence-corrected chi connectivity index (χ1v) is 8.50. The van der Waals surface area contributed by atoms with Crippen molar-refractivity contribution in [3.63, 3.8) is 0 Å². The van der Waals surface area contributed by atoms with Gasteiger partial charge in [0.15, 0.2) is 0 Å². The van der Waals surface area contributed by atoms with E-state index in [1.165, 1.54) is 5.56 Å². The number of carbonyl (C=O) groups is 1. The van der Waals surface area contributed by atoms with E-state index in [-0.39, 0.29) is 5.91 Å². The molecule has 0 aliphatic heterocycles. The molecular weight excluding hydrogens is 314 g/mol. The highest BCUT2D eigenvalue weighted by molar-refractivity contribution is 5.77. The van der Waals surface area contributed by atoms with Gasteiger partial charge in [0.05, 0.1) is 24.2 Å². The van der Waals surface area contributed by atoms with Crippen molar-refractivity contribution in [2.75, 3.05) is 6.61 Å². The number of fused-ring (bicyclic) bond motifs is 1. The molecule has 0 aliphatic carbocycles. The number of benzene rings is 2. The maximum atomic E-state index is 12.0. The van der Waals surface area contributed by atoms with Gasteiger partial charge in [0, 0.05) is 13.5 Å². The molecule has 0 atom stereocenters. The summed E-state index contributed by atoms with van der Waals surface area (Å²) in [7, 11) is 1.96. The van der Waals surface area contributed by atoms with Gasteiger partial charge in [-0.15, -0.1) is 0 Å². The molecule has 0 radical (unpaired) electrons. The number of aromatic nitrogens is 2. The van der Waals surface area contributed by atoms with E-state index in [4.69, 9.17) is 4.74 Å². The number of hydrogen-bond donors (Lipinski definition) is 1. The molecule has 25 heavy (non-hydrogen) atoms. The molecule has 1 heterocycles. The third-order valence-corrected chi connectivity index (χ3v) is 4.16. The molecule has 0 fully saturated rings. The number of hydrogen-bond acceptors (Lipinski definition) is 3. The quantitative estimate of drug-likeness (QED) is 0.673. The molecular formula is C20H23N3O2. The highest BCUT2D eigenvalue weighted by Gasteiger charge is 2.08. The predicted molar refractivity (Wildman–Crippen MR) is 98.5 cm³/mol. The first-order valence-electron chi connectivity index (χ1n) is 8.50. The minimum atomic E-state index is 0.0135. The second-order valence-electron chi connectivity index (χ2n) is 6.12. The van der Waals surface area contributed by atoms with Crippen molar-refractivity contribution in [2.24, 2.45) is 7.05 Å². The number of ether oxygens (including phenoxy) is 1. The van der Waals surface area contributed by atoms with E-state index in [0.717, 1.165) is 22.6 Å². The van der Waals surface area contributed by atoms with Crippen LogP contribution in [0.3, 0.4) is 0 Å². The number of amides is 1. The standard InChI is InChI=1S/C20H23N3O2/c1-15-9-11-16(12-10-15)25-13-5-8-20(24)21-14-19-22-17-6-3-4-7-18(17)23(19)2/h3-4,6-7,9-12H,5,8,13-14H2,1-2H3,(H,21,24). The first kappa shape index (κ1) is 17.0. The number of carbonyl (C=O) groups excluding carboxylic acids is 1. The maximum Gasteiger partial charge on any atom is 0.220 e. The van der Waals surface area contributed by atoms with Crippen molar-refractivity contribution in [3.8, 4) is 5.75 Å². The molecule has 1 N–H and O–H groups in total. The van der Waals surface area contributed by atoms with Gasteiger partial charge in [-0.05, 0) is 37.6 Å². The minimum Gasteiger partial charge on any atom is -0.494 e. The fraction of sp³-hybridized carbons (Fsp3) is 0.300. The summed E-state index contributed by atoms with van der Waals surface area (Å²) in [6.45, 7) is 3.00. The van der Waals surface area contributed by atoms with Gasteiger partial charge in [-0.25, -0.2) is 4.98 Å². The third kappa shape index (κ3) is 4.38. The third-order valence-electron chi connectivity index (χ3n) is 4.16. The van der Waals surface area contributed by atoms with Crippen molar-refractivity contribution in [2.45, 2.75) is 26.3 Å². The molecule has 3 aromatic rings. The van der Waals surface area contributed by atoms with Crippen LogP contribution < -0.4 is 10.1 Å². The summed E-state index contributed by atoms with van der Waals surface area (Å²) in [5.41, 5.74) is 3.22. The SMILES string of the molecule is Cc1ccc(OCCCC(=O)NCc2nc3ccccc3n2C)cc1. The Morgan fingerprint density at radius 2 is 1.92 bits per heavy atom. The lowest BCUT2D eigenvalue weighted by Gasteiger charge is -2.07. The van der Waals surface area contributed by atoms with Gasteiger partial charge in [-0.2, -0.15) is 0 Å². The Kier molecular flexibility index (Phi) is 5.33. The fourth-order valence-corrected chi connectivity index (χ4v) is 2.68. The van der Waals surface area contributed by atoms with Crippen molar-refractivity contribution >= 4 is 16.9 Å². The molecule has 0 unspecified atom stereocenters. The lowest BCUT2D eigenvalue weighted by atomic mass is 10.2. The van der Waals surface area contributed by atoms with E-state index in [9.17, 15) is 4.79 Å². The fourth-order valence-electron chi connectivity index (χ4n) is 2.68. The summed E-state index contributed by atoms with van der Waals surface area (Å²) in [6.07, 6.45) is 1.12. The topological polar surface area (TPSA) is 56.1 Å². The van der Waals surface area contributed by atoms with Crippen LogP contribution in [0.4, 0.5) is 0 Å². The smallest absolute Gasteiger partial charge is 0.220 e. The zero-order chi connectivity index (χ0) is 17.6. The van der Waals surface area contributed by atoms with Crippen LogP contribution in [0.1, 0.15) is 24.2 Å². The van der Waals surface area contributed by atoms with E-state index in [1.807, 2.05) is 67.1 Å². The van der Waals surface area contributed by atoms with Crippen LogP contribution in [-0.4, -0.2) is 22.1 Å². The largest absolute Gasteiger partial charge is 0.494 e. The molecule has 2 aromatic carbocycles. The van der Waals surface area contributed by atoms with Crippen molar-refractivity contribution in [3.05, 3.63) is 59.9 Å². The molecule has 1 aromatic heterocycles. The predicted octanol–water partition coefficient (Wildman–Crippen LogP) is 3.36. The average Bonchev–Trinajstić information content (AvgIpc) is 2.95. The summed E-state index contributed by atoms with van der Waals surface area (Å²) in [5, 5.41) is 2.93. The molecule has 5 heteroatoms. The van der Waals surface area contributed by atoms with Crippen LogP contribution in [0, 0.1) is 6.92 Å². The summed E-state index contributed by atoms with van der Waals surface area (Å²) in [5.74, 6) is 1.70. The van der Waals surface area contributed by atoms with Gasteiger partial charge in [-0.1, -0.05) is 29.8 Å². The molecule has 3 rings (SSSR count). The van der Waals surface area contributed by atoms with E-state index in [2.05, 4.69) is 10.3 Å². The Morgan fingerprint density at radius 3 is 2.68 bits per heavy atom. The van der Waals surface area contributed by atoms with Crippen LogP contribution in [0.15, 0.2) is 48.5 Å². The Balaban J connectivity index is 1.41. The molecule has 5 nitrogen and oxygen atoms in total. The van der Waals surface area contributed by atoms with E-state index < -0.39 is 0 Å². The first-order chi connectivity index (χ1) is 12.1. The summed E-state index contributed by atoms with van der Waals surface area (Å²) < 4.78 is 7.65. The Bertz CT molecular complexity index is 853. The molecule has 0 spiro atoms. The molecule has 0 bridgehead atoms. The lowest BCUT2D eigenvalue weighted by Crippen LogP contribution is -2.24. The second-order valence-corrected chi connectivity index (χ2v) is 6.12. The number of nitrogens with one attached hydrogen (secondary N) is 1. The van der Waals surface area contributed by atoms with Gasteiger partial charge in [-0.3, -0.25) is 4.79 Å². The summed E-state index contributed by atoms with van der Waals surface area (Å²) in [6, 6.07) is 15.9. The van der Waals surface area contributed by atoms with Gasteiger partial charge < -0.3 is 14.6 Å². The number of imidazole rings is 1. The second kappa shape index (κ2) is 7.83. The molecule has 0 saturated heterocycles. The highest BCUT2D eigenvalue weighted by atomic mass is 16.5. The van der Waals surface area contributed by atoms with Gasteiger partial charge in [0.1, 0.15) is 11.6 Å². The molecule has 1 amide bonds. The zero-order valence-electron chi connectivity index (χ0n) is 14.7. The highest BCUT2D eigenvalue weighted by Crippen LogP contribution is 2.14. The number of nitrogens with zero attached hydrogens (tertiary/aromatic N) is 2. The van der Waals surface area contributed by atoms with Gasteiger partial charge >= 0.3 is 0 Å². The monoisotopic (exact) mass is 337 g/mol. The number of para-hydroxylation sites is 2. The Labute approximate surface area is 147 Å². The lowest BCUT2D eigenvalue weighted by molar-refractivity contribution is -0.121. The van der Waals surface area contributed by atoms with E-state index in [1.54, 1.807) is 0 Å². The molecule has 0 aliphatic rings. The van der Waals surface area contributed by atoms with E-state index in [0.29, 0.717) is 26.0 Å². The average molecular weight is 337 g/mol. The Hall–Kier alpha value is -2.82. The summed E-state index contributed by atoms with van der Waals surface area (Å²) >= 11 is 0. The Morgan fingerprint density at radius 1 is 1.16 bits per heavy atom. The van der Waals surface area contributed by atoms with Crippen LogP contribution in [-0.2, 0) is 18.4 Å². The van der Waals surface area contributed by atoms with Crippen molar-refractivity contribution in [1.82, 2.24) is 14.9 Å². The normalized spacial score (nSPS) is 10.8. The molecule has 130 valence electrons. The van der Waals surface area contributed by atoms with Crippen LogP contribution in [0.5, 0.6) is 5.75 Å². The van der Waals surface area contributed by atoms with Crippen molar-refractivity contribution in [1.29, 1.82) is 0 Å². The van der Waals surface area contributed by atoms with Crippen LogP contribution in [0.25, 0.3) is 11.0 Å². The number of rotatable bonds is 7. The minimum absolute atomic E-state index is 0.0135. The van der Waals surface area contributed by atoms with Crippen LogP contribution >= 0.6 is 0 Å². The van der Waals surface area contributed by atoms with Crippen LogP contribution in [0.2, 0.25) is 0 Å². The van der Waals surface area contributed by atoms with Gasteiger partial charge in [0.25, 0.3) is 0 Å². The maximum absolute atomic E-state index is 12.0. The van der Waals surface area contributed by atoms with E-state index >= 15 is 0 Å². The van der Waals surface area contributed by atoms with Gasteiger partial charge in [0.2, 0.25) is 5.91 Å². The van der Waals surface area contributed by atoms with Crippen molar-refractivity contribution < 1.29 is 9.53 Å². The summed E-state index contributed by atoms with van der Waals surface area (Å²) in [4.78, 5) is 16.5. The molecule has 0 saturated carbocycles.